The number of benzene rings is 1. The summed E-state index contributed by atoms with van der Waals surface area (Å²) in [7, 11) is 1.08. The summed E-state index contributed by atoms with van der Waals surface area (Å²) in [5, 5.41) is 1.08. The minimum atomic E-state index is -4.53. The number of hydrogen-bond acceptors (Lipinski definition) is 5. The van der Waals surface area contributed by atoms with Gasteiger partial charge in [0.2, 0.25) is 0 Å². The predicted molar refractivity (Wildman–Crippen MR) is 116 cm³/mol. The summed E-state index contributed by atoms with van der Waals surface area (Å²) in [5.74, 6) is 0.933. The van der Waals surface area contributed by atoms with Gasteiger partial charge in [0.15, 0.2) is 5.60 Å². The Morgan fingerprint density at radius 1 is 1.06 bits per heavy atom. The second kappa shape index (κ2) is 7.70. The molecule has 0 saturated carbocycles. The van der Waals surface area contributed by atoms with Crippen molar-refractivity contribution in [2.24, 2.45) is 0 Å². The SMILES string of the molecule is COC1(C(F)(F)F)C=CC=C(c2nccnc2C2CN(c3ccc4ccccc4n3)C2)C1. The minimum absolute atomic E-state index is 0.0570. The van der Waals surface area contributed by atoms with E-state index in [2.05, 4.69) is 14.9 Å². The Morgan fingerprint density at radius 2 is 1.84 bits per heavy atom. The molecule has 0 bridgehead atoms. The van der Waals surface area contributed by atoms with Crippen LogP contribution in [0.5, 0.6) is 0 Å². The maximum absolute atomic E-state index is 13.7. The molecule has 2 aromatic heterocycles. The molecule has 0 amide bonds. The van der Waals surface area contributed by atoms with Gasteiger partial charge in [0.05, 0.1) is 16.9 Å². The van der Waals surface area contributed by atoms with Crippen LogP contribution >= 0.6 is 0 Å². The van der Waals surface area contributed by atoms with Gasteiger partial charge in [0, 0.05) is 50.3 Å². The van der Waals surface area contributed by atoms with Gasteiger partial charge in [-0.15, -0.1) is 0 Å². The van der Waals surface area contributed by atoms with Gasteiger partial charge in [-0.25, -0.2) is 4.98 Å². The summed E-state index contributed by atoms with van der Waals surface area (Å²) in [4.78, 5) is 15.8. The molecule has 1 unspecified atom stereocenters. The van der Waals surface area contributed by atoms with Crippen LogP contribution in [0.3, 0.4) is 0 Å². The van der Waals surface area contributed by atoms with Crippen LogP contribution in [0.25, 0.3) is 16.5 Å². The molecule has 2 aliphatic rings. The van der Waals surface area contributed by atoms with E-state index in [1.54, 1.807) is 12.3 Å². The van der Waals surface area contributed by atoms with Gasteiger partial charge < -0.3 is 9.64 Å². The first-order valence-corrected chi connectivity index (χ1v) is 10.3. The molecule has 0 spiro atoms. The summed E-state index contributed by atoms with van der Waals surface area (Å²) < 4.78 is 46.1. The highest BCUT2D eigenvalue weighted by atomic mass is 19.4. The lowest BCUT2D eigenvalue weighted by Gasteiger charge is -2.41. The lowest BCUT2D eigenvalue weighted by Crippen LogP contribution is -2.47. The molecule has 0 N–H and O–H groups in total. The number of allylic oxidation sites excluding steroid dienone is 2. The highest BCUT2D eigenvalue weighted by molar-refractivity contribution is 5.80. The molecule has 164 valence electrons. The van der Waals surface area contributed by atoms with Crippen molar-refractivity contribution < 1.29 is 17.9 Å². The van der Waals surface area contributed by atoms with E-state index in [4.69, 9.17) is 9.72 Å². The van der Waals surface area contributed by atoms with Crippen LogP contribution in [0.2, 0.25) is 0 Å². The molecule has 1 aliphatic heterocycles. The van der Waals surface area contributed by atoms with E-state index in [0.29, 0.717) is 30.1 Å². The monoisotopic (exact) mass is 438 g/mol. The minimum Gasteiger partial charge on any atom is -0.364 e. The standard InChI is InChI=1S/C24H21F3N4O/c1-32-23(24(25,26)27)10-4-6-17(13-23)21-22(29-12-11-28-21)18-14-31(15-18)20-9-8-16-5-2-3-7-19(16)30-20/h2-12,18H,13-15H2,1H3. The zero-order valence-electron chi connectivity index (χ0n) is 17.4. The Labute approximate surface area is 183 Å². The van der Waals surface area contributed by atoms with Gasteiger partial charge >= 0.3 is 6.18 Å². The number of halogens is 3. The van der Waals surface area contributed by atoms with Crippen LogP contribution in [0.15, 0.2) is 67.0 Å². The molecule has 1 atom stereocenters. The fourth-order valence-corrected chi connectivity index (χ4v) is 4.30. The van der Waals surface area contributed by atoms with Crippen molar-refractivity contribution in [3.8, 4) is 0 Å². The largest absolute Gasteiger partial charge is 0.421 e. The zero-order chi connectivity index (χ0) is 22.3. The molecule has 3 aromatic rings. The summed E-state index contributed by atoms with van der Waals surface area (Å²) in [5.41, 5.74) is 0.247. The molecular weight excluding hydrogens is 417 g/mol. The molecule has 1 fully saturated rings. The van der Waals surface area contributed by atoms with E-state index < -0.39 is 11.8 Å². The number of pyridine rings is 1. The lowest BCUT2D eigenvalue weighted by molar-refractivity contribution is -0.247. The van der Waals surface area contributed by atoms with Crippen molar-refractivity contribution in [1.82, 2.24) is 15.0 Å². The summed E-state index contributed by atoms with van der Waals surface area (Å²) in [6, 6.07) is 12.0. The molecule has 5 rings (SSSR count). The van der Waals surface area contributed by atoms with Crippen molar-refractivity contribution in [2.75, 3.05) is 25.1 Å². The number of alkyl halides is 3. The third kappa shape index (κ3) is 3.44. The molecule has 1 aliphatic carbocycles. The number of nitrogens with zero attached hydrogens (tertiary/aromatic N) is 4. The van der Waals surface area contributed by atoms with Gasteiger partial charge in [-0.2, -0.15) is 13.2 Å². The Morgan fingerprint density at radius 3 is 2.62 bits per heavy atom. The first-order valence-electron chi connectivity index (χ1n) is 10.3. The Hall–Kier alpha value is -3.26. The molecule has 8 heteroatoms. The predicted octanol–water partition coefficient (Wildman–Crippen LogP) is 4.92. The maximum atomic E-state index is 13.7. The number of rotatable bonds is 4. The Balaban J connectivity index is 1.38. The number of fused-ring (bicyclic) bond motifs is 1. The summed E-state index contributed by atoms with van der Waals surface area (Å²) in [6.07, 6.45) is 2.35. The fraction of sp³-hybridized carbons (Fsp3) is 0.292. The van der Waals surface area contributed by atoms with E-state index in [1.165, 1.54) is 12.3 Å². The maximum Gasteiger partial charge on any atom is 0.421 e. The first kappa shape index (κ1) is 20.6. The molecular formula is C24H21F3N4O. The van der Waals surface area contributed by atoms with Gasteiger partial charge in [0.25, 0.3) is 0 Å². The first-order chi connectivity index (χ1) is 15.4. The number of ether oxygens (including phenoxy) is 1. The van der Waals surface area contributed by atoms with Crippen molar-refractivity contribution in [3.05, 3.63) is 78.4 Å². The van der Waals surface area contributed by atoms with Gasteiger partial charge in [-0.1, -0.05) is 30.4 Å². The molecule has 1 saturated heterocycles. The normalized spacial score (nSPS) is 21.5. The second-order valence-corrected chi connectivity index (χ2v) is 8.07. The van der Waals surface area contributed by atoms with Crippen LogP contribution in [0.4, 0.5) is 19.0 Å². The third-order valence-corrected chi connectivity index (χ3v) is 6.17. The average Bonchev–Trinajstić information content (AvgIpc) is 2.77. The fourth-order valence-electron chi connectivity index (χ4n) is 4.30. The van der Waals surface area contributed by atoms with E-state index in [0.717, 1.165) is 29.9 Å². The topological polar surface area (TPSA) is 51.1 Å². The number of hydrogen-bond donors (Lipinski definition) is 0. The van der Waals surface area contributed by atoms with Crippen LogP contribution in [0, 0.1) is 0 Å². The molecule has 5 nitrogen and oxygen atoms in total. The molecule has 32 heavy (non-hydrogen) atoms. The van der Waals surface area contributed by atoms with Crippen LogP contribution in [0.1, 0.15) is 23.7 Å². The Bertz CT molecular complexity index is 1220. The number of anilines is 1. The smallest absolute Gasteiger partial charge is 0.364 e. The van der Waals surface area contributed by atoms with E-state index in [-0.39, 0.29) is 12.3 Å². The van der Waals surface area contributed by atoms with E-state index in [9.17, 15) is 13.2 Å². The molecule has 3 heterocycles. The van der Waals surface area contributed by atoms with Crippen LogP contribution in [-0.2, 0) is 4.74 Å². The van der Waals surface area contributed by atoms with Crippen molar-refractivity contribution in [2.45, 2.75) is 24.1 Å². The quantitative estimate of drug-likeness (QED) is 0.579. The highest BCUT2D eigenvalue weighted by Crippen LogP contribution is 2.44. The molecule has 0 radical (unpaired) electrons. The third-order valence-electron chi connectivity index (χ3n) is 6.17. The van der Waals surface area contributed by atoms with Gasteiger partial charge in [-0.05, 0) is 29.8 Å². The van der Waals surface area contributed by atoms with Crippen LogP contribution < -0.4 is 4.90 Å². The molecule has 1 aromatic carbocycles. The summed E-state index contributed by atoms with van der Waals surface area (Å²) in [6.45, 7) is 1.35. The van der Waals surface area contributed by atoms with E-state index in [1.807, 2.05) is 36.4 Å². The second-order valence-electron chi connectivity index (χ2n) is 8.07. The van der Waals surface area contributed by atoms with Crippen molar-refractivity contribution >= 4 is 22.3 Å². The number of methoxy groups -OCH3 is 1. The number of aromatic nitrogens is 3. The summed E-state index contributed by atoms with van der Waals surface area (Å²) >= 11 is 0. The van der Waals surface area contributed by atoms with E-state index >= 15 is 0 Å². The zero-order valence-corrected chi connectivity index (χ0v) is 17.4. The lowest BCUT2D eigenvalue weighted by atomic mass is 9.84. The van der Waals surface area contributed by atoms with Crippen molar-refractivity contribution in [3.63, 3.8) is 0 Å². The van der Waals surface area contributed by atoms with Crippen LogP contribution in [-0.4, -0.2) is 46.9 Å². The average molecular weight is 438 g/mol. The highest BCUT2D eigenvalue weighted by Gasteiger charge is 2.55. The number of para-hydroxylation sites is 1. The van der Waals surface area contributed by atoms with Crippen molar-refractivity contribution in [1.29, 1.82) is 0 Å². The van der Waals surface area contributed by atoms with Gasteiger partial charge in [-0.3, -0.25) is 9.97 Å². The Kier molecular flexibility index (Phi) is 4.97. The van der Waals surface area contributed by atoms with Gasteiger partial charge in [0.1, 0.15) is 5.82 Å².